The molecule has 0 fully saturated rings. The Balaban J connectivity index is 2.27. The number of nitrogens with one attached hydrogen (secondary N) is 1. The molecule has 0 spiro atoms. The molecule has 0 saturated carbocycles. The van der Waals surface area contributed by atoms with Crippen LogP contribution in [0.15, 0.2) is 51.8 Å². The zero-order valence-electron chi connectivity index (χ0n) is 9.72. The van der Waals surface area contributed by atoms with Gasteiger partial charge in [-0.15, -0.1) is 12.6 Å². The molecule has 19 heavy (non-hydrogen) atoms. The lowest BCUT2D eigenvalue weighted by Crippen LogP contribution is -2.12. The number of amides is 1. The van der Waals surface area contributed by atoms with Gasteiger partial charge in [-0.3, -0.25) is 4.79 Å². The minimum atomic E-state index is -0.269. The molecule has 2 aromatic rings. The highest BCUT2D eigenvalue weighted by Crippen LogP contribution is 2.21. The first-order chi connectivity index (χ1) is 9.10. The van der Waals surface area contributed by atoms with E-state index >= 15 is 0 Å². The van der Waals surface area contributed by atoms with E-state index in [2.05, 4.69) is 33.9 Å². The van der Waals surface area contributed by atoms with Crippen LogP contribution >= 0.6 is 28.6 Å². The third-order valence-corrected chi connectivity index (χ3v) is 3.23. The molecule has 94 valence electrons. The van der Waals surface area contributed by atoms with Gasteiger partial charge < -0.3 is 5.32 Å². The first-order valence-corrected chi connectivity index (χ1v) is 6.64. The van der Waals surface area contributed by atoms with E-state index < -0.39 is 0 Å². The third-order valence-electron chi connectivity index (χ3n) is 2.46. The van der Waals surface area contributed by atoms with Crippen LogP contribution in [0.3, 0.4) is 0 Å². The van der Waals surface area contributed by atoms with Crippen LogP contribution in [-0.4, -0.2) is 5.91 Å². The molecule has 2 rings (SSSR count). The van der Waals surface area contributed by atoms with Gasteiger partial charge in [-0.2, -0.15) is 5.26 Å². The fraction of sp³-hybridized carbons (Fsp3) is 0. The maximum absolute atomic E-state index is 12.1. The summed E-state index contributed by atoms with van der Waals surface area (Å²) in [5.74, 6) is -0.269. The van der Waals surface area contributed by atoms with Crippen LogP contribution in [0.2, 0.25) is 0 Å². The number of carbonyl (C=O) groups excluding carboxylic acids is 1. The van der Waals surface area contributed by atoms with Crippen LogP contribution in [0.4, 0.5) is 5.69 Å². The standard InChI is InChI=1S/C14H9BrN2OS/c15-11-4-5-13(10(6-11)8-16)17-14(18)9-2-1-3-12(19)7-9/h1-7,19H,(H,17,18). The van der Waals surface area contributed by atoms with Crippen molar-refractivity contribution in [3.63, 3.8) is 0 Å². The number of nitrogens with zero attached hydrogens (tertiary/aromatic N) is 1. The molecule has 0 unspecified atom stereocenters. The maximum Gasteiger partial charge on any atom is 0.255 e. The highest BCUT2D eigenvalue weighted by molar-refractivity contribution is 9.10. The van der Waals surface area contributed by atoms with Crippen LogP contribution in [0.25, 0.3) is 0 Å². The van der Waals surface area contributed by atoms with E-state index in [1.54, 1.807) is 42.5 Å². The predicted molar refractivity (Wildman–Crippen MR) is 80.5 cm³/mol. The summed E-state index contributed by atoms with van der Waals surface area (Å²) in [6.45, 7) is 0. The van der Waals surface area contributed by atoms with E-state index in [4.69, 9.17) is 5.26 Å². The molecule has 0 aliphatic heterocycles. The average Bonchev–Trinajstić information content (AvgIpc) is 2.40. The Labute approximate surface area is 124 Å². The highest BCUT2D eigenvalue weighted by atomic mass is 79.9. The van der Waals surface area contributed by atoms with Gasteiger partial charge in [0.05, 0.1) is 11.3 Å². The second-order valence-electron chi connectivity index (χ2n) is 3.81. The van der Waals surface area contributed by atoms with Gasteiger partial charge in [-0.05, 0) is 36.4 Å². The largest absolute Gasteiger partial charge is 0.321 e. The first-order valence-electron chi connectivity index (χ1n) is 5.40. The van der Waals surface area contributed by atoms with Gasteiger partial charge in [0.25, 0.3) is 5.91 Å². The van der Waals surface area contributed by atoms with Gasteiger partial charge in [-0.25, -0.2) is 0 Å². The van der Waals surface area contributed by atoms with Crippen molar-refractivity contribution < 1.29 is 4.79 Å². The number of carbonyl (C=O) groups is 1. The quantitative estimate of drug-likeness (QED) is 0.820. The summed E-state index contributed by atoms with van der Waals surface area (Å²) < 4.78 is 0.791. The van der Waals surface area contributed by atoms with Crippen molar-refractivity contribution in [2.24, 2.45) is 0 Å². The van der Waals surface area contributed by atoms with Crippen LogP contribution in [-0.2, 0) is 0 Å². The van der Waals surface area contributed by atoms with Crippen molar-refractivity contribution in [3.8, 4) is 6.07 Å². The lowest BCUT2D eigenvalue weighted by Gasteiger charge is -2.07. The Kier molecular flexibility index (Phi) is 4.25. The van der Waals surface area contributed by atoms with Gasteiger partial charge in [0.15, 0.2) is 0 Å². The highest BCUT2D eigenvalue weighted by Gasteiger charge is 2.09. The molecular weight excluding hydrogens is 324 g/mol. The molecule has 0 radical (unpaired) electrons. The van der Waals surface area contributed by atoms with Crippen LogP contribution in [0.5, 0.6) is 0 Å². The van der Waals surface area contributed by atoms with Crippen LogP contribution in [0, 0.1) is 11.3 Å². The molecule has 2 aromatic carbocycles. The third kappa shape index (κ3) is 3.37. The normalized spacial score (nSPS) is 9.74. The topological polar surface area (TPSA) is 52.9 Å². The zero-order valence-corrected chi connectivity index (χ0v) is 12.2. The van der Waals surface area contributed by atoms with Crippen molar-refractivity contribution in [1.29, 1.82) is 5.26 Å². The van der Waals surface area contributed by atoms with Gasteiger partial charge in [-0.1, -0.05) is 22.0 Å². The number of anilines is 1. The van der Waals surface area contributed by atoms with E-state index in [0.717, 1.165) is 4.47 Å². The van der Waals surface area contributed by atoms with Gasteiger partial charge in [0.1, 0.15) is 6.07 Å². The summed E-state index contributed by atoms with van der Waals surface area (Å²) in [5, 5.41) is 11.8. The second kappa shape index (κ2) is 5.91. The van der Waals surface area contributed by atoms with Crippen LogP contribution < -0.4 is 5.32 Å². The maximum atomic E-state index is 12.1. The Morgan fingerprint density at radius 2 is 2.05 bits per heavy atom. The zero-order chi connectivity index (χ0) is 13.8. The lowest BCUT2D eigenvalue weighted by molar-refractivity contribution is 0.102. The molecule has 0 heterocycles. The summed E-state index contributed by atoms with van der Waals surface area (Å²) in [7, 11) is 0. The van der Waals surface area contributed by atoms with E-state index in [0.29, 0.717) is 21.7 Å². The summed E-state index contributed by atoms with van der Waals surface area (Å²) in [6.07, 6.45) is 0. The predicted octanol–water partition coefficient (Wildman–Crippen LogP) is 3.86. The van der Waals surface area contributed by atoms with E-state index in [1.807, 2.05) is 6.07 Å². The number of halogens is 1. The number of rotatable bonds is 2. The molecule has 0 bridgehead atoms. The molecule has 0 aromatic heterocycles. The Morgan fingerprint density at radius 1 is 1.26 bits per heavy atom. The molecule has 1 amide bonds. The van der Waals surface area contributed by atoms with Crippen molar-refractivity contribution >= 4 is 40.2 Å². The molecular formula is C14H9BrN2OS. The Morgan fingerprint density at radius 3 is 2.74 bits per heavy atom. The fourth-order valence-corrected chi connectivity index (χ4v) is 2.15. The number of benzene rings is 2. The van der Waals surface area contributed by atoms with E-state index in [9.17, 15) is 4.79 Å². The molecule has 0 aliphatic rings. The molecule has 1 N–H and O–H groups in total. The van der Waals surface area contributed by atoms with Crippen molar-refractivity contribution in [3.05, 3.63) is 58.1 Å². The summed E-state index contributed by atoms with van der Waals surface area (Å²) in [5.41, 5.74) is 1.39. The average molecular weight is 333 g/mol. The smallest absolute Gasteiger partial charge is 0.255 e. The van der Waals surface area contributed by atoms with Gasteiger partial charge >= 0.3 is 0 Å². The van der Waals surface area contributed by atoms with E-state index in [1.165, 1.54) is 0 Å². The Hall–Kier alpha value is -1.77. The summed E-state index contributed by atoms with van der Waals surface area (Å²) >= 11 is 7.47. The monoisotopic (exact) mass is 332 g/mol. The van der Waals surface area contributed by atoms with Gasteiger partial charge in [0.2, 0.25) is 0 Å². The molecule has 3 nitrogen and oxygen atoms in total. The first kappa shape index (κ1) is 13.7. The van der Waals surface area contributed by atoms with Gasteiger partial charge in [0, 0.05) is 14.9 Å². The summed E-state index contributed by atoms with van der Waals surface area (Å²) in [6, 6.07) is 14.1. The molecule has 0 aliphatic carbocycles. The Bertz CT molecular complexity index is 679. The number of thiol groups is 1. The number of hydrogen-bond acceptors (Lipinski definition) is 3. The lowest BCUT2D eigenvalue weighted by atomic mass is 10.1. The summed E-state index contributed by atoms with van der Waals surface area (Å²) in [4.78, 5) is 12.8. The van der Waals surface area contributed by atoms with Crippen molar-refractivity contribution in [2.75, 3.05) is 5.32 Å². The van der Waals surface area contributed by atoms with Crippen molar-refractivity contribution in [1.82, 2.24) is 0 Å². The van der Waals surface area contributed by atoms with Crippen molar-refractivity contribution in [2.45, 2.75) is 4.90 Å². The van der Waals surface area contributed by atoms with E-state index in [-0.39, 0.29) is 5.91 Å². The minimum absolute atomic E-state index is 0.269. The SMILES string of the molecule is N#Cc1cc(Br)ccc1NC(=O)c1cccc(S)c1. The second-order valence-corrected chi connectivity index (χ2v) is 5.24. The molecule has 0 saturated heterocycles. The molecule has 5 heteroatoms. The van der Waals surface area contributed by atoms with Crippen LogP contribution in [0.1, 0.15) is 15.9 Å². The fourth-order valence-electron chi connectivity index (χ4n) is 1.56. The number of nitriles is 1. The number of hydrogen-bond donors (Lipinski definition) is 2. The minimum Gasteiger partial charge on any atom is -0.321 e. The molecule has 0 atom stereocenters.